The summed E-state index contributed by atoms with van der Waals surface area (Å²) in [5.41, 5.74) is 2.51. The Morgan fingerprint density at radius 1 is 1.03 bits per heavy atom. The highest BCUT2D eigenvalue weighted by Crippen LogP contribution is 2.20. The first-order valence-corrected chi connectivity index (χ1v) is 11.6. The third kappa shape index (κ3) is 6.09. The summed E-state index contributed by atoms with van der Waals surface area (Å²) in [6, 6.07) is 8.80. The van der Waals surface area contributed by atoms with Crippen molar-refractivity contribution in [2.45, 2.75) is 26.8 Å². The molecule has 2 aliphatic heterocycles. The first kappa shape index (κ1) is 23.8. The number of aryl methyl sites for hydroxylation is 1. The molecule has 1 saturated heterocycles. The topological polar surface area (TPSA) is 59.9 Å². The molecular weight excluding hydrogens is 521 g/mol. The standard InChI is InChI=1S/C22H31N7S.HI/c1-3-20-25-22(30-26-20)29-15-13-28(14-16-29)21(23-4-2)24-17-18-7-9-19(10-8-18)27-11-5-6-12-27;/h5-10H,3-4,11-17H2,1-2H3,(H,23,24);1H. The summed E-state index contributed by atoms with van der Waals surface area (Å²) in [5.74, 6) is 1.94. The van der Waals surface area contributed by atoms with Crippen LogP contribution in [-0.2, 0) is 13.0 Å². The lowest BCUT2D eigenvalue weighted by molar-refractivity contribution is 0.372. The van der Waals surface area contributed by atoms with Gasteiger partial charge in [-0.15, -0.1) is 24.0 Å². The van der Waals surface area contributed by atoms with Gasteiger partial charge in [0.05, 0.1) is 6.54 Å². The quantitative estimate of drug-likeness (QED) is 0.256. The Balaban J connectivity index is 0.00000272. The van der Waals surface area contributed by atoms with Gasteiger partial charge in [0, 0.05) is 69.5 Å². The maximum Gasteiger partial charge on any atom is 0.205 e. The van der Waals surface area contributed by atoms with Crippen LogP contribution in [0.15, 0.2) is 41.4 Å². The van der Waals surface area contributed by atoms with Gasteiger partial charge < -0.3 is 20.0 Å². The molecule has 0 radical (unpaired) electrons. The molecule has 7 nitrogen and oxygen atoms in total. The molecule has 0 atom stereocenters. The molecule has 31 heavy (non-hydrogen) atoms. The molecule has 168 valence electrons. The van der Waals surface area contributed by atoms with Gasteiger partial charge in [0.15, 0.2) is 5.96 Å². The van der Waals surface area contributed by atoms with Gasteiger partial charge in [-0.25, -0.2) is 9.98 Å². The zero-order valence-corrected chi connectivity index (χ0v) is 21.5. The van der Waals surface area contributed by atoms with E-state index in [1.807, 2.05) is 0 Å². The number of rotatable bonds is 6. The van der Waals surface area contributed by atoms with Gasteiger partial charge in [-0.1, -0.05) is 31.2 Å². The van der Waals surface area contributed by atoms with Crippen LogP contribution in [-0.4, -0.2) is 66.0 Å². The number of hydrogen-bond donors (Lipinski definition) is 1. The predicted octanol–water partition coefficient (Wildman–Crippen LogP) is 3.38. The Bertz CT molecular complexity index is 864. The van der Waals surface area contributed by atoms with E-state index in [0.717, 1.165) is 69.1 Å². The average Bonchev–Trinajstić information content (AvgIpc) is 3.50. The zero-order chi connectivity index (χ0) is 20.8. The highest BCUT2D eigenvalue weighted by atomic mass is 127. The molecule has 0 spiro atoms. The largest absolute Gasteiger partial charge is 0.364 e. The number of aliphatic imine (C=N–C) groups is 1. The van der Waals surface area contributed by atoms with E-state index in [9.17, 15) is 0 Å². The molecule has 0 amide bonds. The minimum absolute atomic E-state index is 0. The predicted molar refractivity (Wildman–Crippen MR) is 141 cm³/mol. The van der Waals surface area contributed by atoms with Crippen molar-refractivity contribution >= 4 is 52.3 Å². The Morgan fingerprint density at radius 2 is 1.74 bits per heavy atom. The van der Waals surface area contributed by atoms with E-state index in [1.165, 1.54) is 22.8 Å². The van der Waals surface area contributed by atoms with Crippen molar-refractivity contribution in [3.63, 3.8) is 0 Å². The van der Waals surface area contributed by atoms with Gasteiger partial charge in [0.2, 0.25) is 5.13 Å². The Hall–Kier alpha value is -1.88. The summed E-state index contributed by atoms with van der Waals surface area (Å²) in [6.07, 6.45) is 5.33. The van der Waals surface area contributed by atoms with E-state index in [4.69, 9.17) is 4.99 Å². The Labute approximate surface area is 206 Å². The molecule has 4 rings (SSSR count). The normalized spacial score (nSPS) is 16.6. The molecule has 0 bridgehead atoms. The molecule has 0 saturated carbocycles. The minimum atomic E-state index is 0. The van der Waals surface area contributed by atoms with E-state index in [0.29, 0.717) is 6.54 Å². The third-order valence-corrected chi connectivity index (χ3v) is 6.30. The van der Waals surface area contributed by atoms with E-state index < -0.39 is 0 Å². The number of aromatic nitrogens is 2. The lowest BCUT2D eigenvalue weighted by Gasteiger charge is -2.36. The molecule has 1 aromatic heterocycles. The van der Waals surface area contributed by atoms with Crippen molar-refractivity contribution < 1.29 is 0 Å². The molecular formula is C22H32IN7S. The van der Waals surface area contributed by atoms with Crippen LogP contribution in [0, 0.1) is 0 Å². The first-order valence-electron chi connectivity index (χ1n) is 10.9. The minimum Gasteiger partial charge on any atom is -0.364 e. The summed E-state index contributed by atoms with van der Waals surface area (Å²) in [4.78, 5) is 16.6. The molecule has 0 aliphatic carbocycles. The summed E-state index contributed by atoms with van der Waals surface area (Å²) in [6.45, 7) is 11.6. The number of hydrogen-bond acceptors (Lipinski definition) is 6. The van der Waals surface area contributed by atoms with Gasteiger partial charge in [-0.2, -0.15) is 4.37 Å². The van der Waals surface area contributed by atoms with E-state index >= 15 is 0 Å². The van der Waals surface area contributed by atoms with Crippen LogP contribution in [0.3, 0.4) is 0 Å². The van der Waals surface area contributed by atoms with Crippen LogP contribution in [0.2, 0.25) is 0 Å². The fraction of sp³-hybridized carbons (Fsp3) is 0.500. The lowest BCUT2D eigenvalue weighted by Crippen LogP contribution is -2.52. The highest BCUT2D eigenvalue weighted by molar-refractivity contribution is 14.0. The summed E-state index contributed by atoms with van der Waals surface area (Å²) in [5, 5.41) is 4.51. The summed E-state index contributed by atoms with van der Waals surface area (Å²) >= 11 is 1.51. The van der Waals surface area contributed by atoms with Crippen molar-refractivity contribution in [1.29, 1.82) is 0 Å². The number of halogens is 1. The number of guanidine groups is 1. The number of piperazine rings is 1. The van der Waals surface area contributed by atoms with Crippen LogP contribution in [0.25, 0.3) is 0 Å². The van der Waals surface area contributed by atoms with E-state index in [2.05, 4.69) is 79.6 Å². The smallest absolute Gasteiger partial charge is 0.205 e. The fourth-order valence-corrected chi connectivity index (χ4v) is 4.52. The third-order valence-electron chi connectivity index (χ3n) is 5.49. The second-order valence-electron chi connectivity index (χ2n) is 7.53. The molecule has 1 N–H and O–H groups in total. The molecule has 2 aromatic rings. The van der Waals surface area contributed by atoms with Gasteiger partial charge >= 0.3 is 0 Å². The highest BCUT2D eigenvalue weighted by Gasteiger charge is 2.22. The van der Waals surface area contributed by atoms with Crippen molar-refractivity contribution in [1.82, 2.24) is 19.6 Å². The SMILES string of the molecule is CCNC(=NCc1ccc(N2CC=CC2)cc1)N1CCN(c2nc(CC)ns2)CC1.I. The average molecular weight is 554 g/mol. The fourth-order valence-electron chi connectivity index (χ4n) is 3.72. The van der Waals surface area contributed by atoms with Crippen LogP contribution < -0.4 is 15.1 Å². The summed E-state index contributed by atoms with van der Waals surface area (Å²) < 4.78 is 4.42. The van der Waals surface area contributed by atoms with Crippen LogP contribution in [0.4, 0.5) is 10.8 Å². The second-order valence-corrected chi connectivity index (χ2v) is 8.26. The van der Waals surface area contributed by atoms with Crippen molar-refractivity contribution in [3.05, 3.63) is 47.8 Å². The Kier molecular flexibility index (Phi) is 8.94. The maximum atomic E-state index is 4.91. The molecule has 0 unspecified atom stereocenters. The zero-order valence-electron chi connectivity index (χ0n) is 18.3. The Morgan fingerprint density at radius 3 is 2.35 bits per heavy atom. The van der Waals surface area contributed by atoms with Crippen molar-refractivity contribution in [2.75, 3.05) is 55.6 Å². The molecule has 3 heterocycles. The first-order chi connectivity index (χ1) is 14.8. The van der Waals surface area contributed by atoms with Gasteiger partial charge in [0.1, 0.15) is 5.82 Å². The van der Waals surface area contributed by atoms with Crippen LogP contribution in [0.5, 0.6) is 0 Å². The van der Waals surface area contributed by atoms with Gasteiger partial charge in [-0.3, -0.25) is 0 Å². The molecule has 1 fully saturated rings. The van der Waals surface area contributed by atoms with Gasteiger partial charge in [0.25, 0.3) is 0 Å². The van der Waals surface area contributed by atoms with E-state index in [1.54, 1.807) is 0 Å². The number of nitrogens with one attached hydrogen (secondary N) is 1. The lowest BCUT2D eigenvalue weighted by atomic mass is 10.2. The molecule has 2 aliphatic rings. The summed E-state index contributed by atoms with van der Waals surface area (Å²) in [7, 11) is 0. The van der Waals surface area contributed by atoms with Crippen LogP contribution >= 0.6 is 35.5 Å². The number of anilines is 2. The van der Waals surface area contributed by atoms with Crippen molar-refractivity contribution in [2.24, 2.45) is 4.99 Å². The van der Waals surface area contributed by atoms with Gasteiger partial charge in [-0.05, 0) is 24.6 Å². The molecule has 1 aromatic carbocycles. The monoisotopic (exact) mass is 553 g/mol. The van der Waals surface area contributed by atoms with Crippen molar-refractivity contribution in [3.8, 4) is 0 Å². The number of benzene rings is 1. The second kappa shape index (κ2) is 11.7. The van der Waals surface area contributed by atoms with Crippen LogP contribution in [0.1, 0.15) is 25.2 Å². The maximum absolute atomic E-state index is 4.91. The van der Waals surface area contributed by atoms with E-state index in [-0.39, 0.29) is 24.0 Å². The number of nitrogens with zero attached hydrogens (tertiary/aromatic N) is 6. The molecule has 9 heteroatoms.